The molecule has 5 rings (SSSR count). The third-order valence-electron chi connectivity index (χ3n) is 6.39. The molecule has 0 aliphatic heterocycles. The second kappa shape index (κ2) is 4.81. The predicted molar refractivity (Wildman–Crippen MR) is 88.0 cm³/mol. The zero-order valence-corrected chi connectivity index (χ0v) is 14.3. The van der Waals surface area contributed by atoms with Gasteiger partial charge in [-0.15, -0.1) is 0 Å². The molecule has 1 aromatic carbocycles. The number of hydrogen-bond donors (Lipinski definition) is 0. The monoisotopic (exact) mass is 350 g/mol. The van der Waals surface area contributed by atoms with Crippen molar-refractivity contribution in [2.24, 2.45) is 22.7 Å². The fourth-order valence-electron chi connectivity index (χ4n) is 6.21. The van der Waals surface area contributed by atoms with Crippen LogP contribution >= 0.6 is 15.9 Å². The third kappa shape index (κ3) is 2.48. The van der Waals surface area contributed by atoms with E-state index in [1.165, 1.54) is 44.1 Å². The van der Waals surface area contributed by atoms with Gasteiger partial charge in [0.1, 0.15) is 5.82 Å². The van der Waals surface area contributed by atoms with Crippen LogP contribution in [0.5, 0.6) is 0 Å². The molecule has 0 radical (unpaired) electrons. The van der Waals surface area contributed by atoms with Gasteiger partial charge in [-0.05, 0) is 85.3 Å². The summed E-state index contributed by atoms with van der Waals surface area (Å²) in [5, 5.41) is 0. The minimum absolute atomic E-state index is 0.132. The van der Waals surface area contributed by atoms with Crippen LogP contribution in [0.2, 0.25) is 0 Å². The molecule has 4 aliphatic carbocycles. The third-order valence-corrected chi connectivity index (χ3v) is 7.69. The molecule has 0 spiro atoms. The molecule has 0 nitrogen and oxygen atoms in total. The van der Waals surface area contributed by atoms with Crippen LogP contribution in [0.15, 0.2) is 24.3 Å². The summed E-state index contributed by atoms with van der Waals surface area (Å²) in [5.41, 5.74) is 2.35. The topological polar surface area (TPSA) is 0 Å². The van der Waals surface area contributed by atoms with Crippen molar-refractivity contribution in [2.75, 3.05) is 0 Å². The van der Waals surface area contributed by atoms with Gasteiger partial charge in [0.25, 0.3) is 0 Å². The zero-order chi connectivity index (χ0) is 14.7. The van der Waals surface area contributed by atoms with Crippen LogP contribution in [-0.4, -0.2) is 4.83 Å². The van der Waals surface area contributed by atoms with Gasteiger partial charge in [0.15, 0.2) is 0 Å². The number of alkyl halides is 1. The van der Waals surface area contributed by atoms with Crippen LogP contribution in [0, 0.1) is 28.5 Å². The number of hydrogen-bond acceptors (Lipinski definition) is 0. The van der Waals surface area contributed by atoms with E-state index in [0.29, 0.717) is 15.7 Å². The zero-order valence-electron chi connectivity index (χ0n) is 12.7. The highest BCUT2D eigenvalue weighted by atomic mass is 79.9. The Hall–Kier alpha value is -0.370. The molecule has 4 bridgehead atoms. The largest absolute Gasteiger partial charge is 0.207 e. The smallest absolute Gasteiger partial charge is 0.123 e. The Bertz CT molecular complexity index is 521. The minimum Gasteiger partial charge on any atom is -0.207 e. The van der Waals surface area contributed by atoms with Gasteiger partial charge in [-0.1, -0.05) is 35.0 Å². The molecule has 3 unspecified atom stereocenters. The van der Waals surface area contributed by atoms with Crippen molar-refractivity contribution >= 4 is 15.9 Å². The number of benzene rings is 1. The molecule has 114 valence electrons. The van der Waals surface area contributed by atoms with E-state index in [4.69, 9.17) is 0 Å². The summed E-state index contributed by atoms with van der Waals surface area (Å²) in [6, 6.07) is 7.09. The van der Waals surface area contributed by atoms with E-state index < -0.39 is 0 Å². The highest BCUT2D eigenvalue weighted by molar-refractivity contribution is 9.09. The molecular formula is C19H24BrF. The van der Waals surface area contributed by atoms with Crippen LogP contribution in [0.1, 0.15) is 51.0 Å². The molecule has 3 atom stereocenters. The summed E-state index contributed by atoms with van der Waals surface area (Å²) in [7, 11) is 0. The molecule has 0 aromatic heterocycles. The first-order chi connectivity index (χ1) is 9.96. The van der Waals surface area contributed by atoms with Crippen molar-refractivity contribution in [2.45, 2.75) is 56.7 Å². The lowest BCUT2D eigenvalue weighted by Gasteiger charge is -2.63. The van der Waals surface area contributed by atoms with Gasteiger partial charge >= 0.3 is 0 Å². The Labute approximate surface area is 135 Å². The van der Waals surface area contributed by atoms with Crippen molar-refractivity contribution in [3.63, 3.8) is 0 Å². The average Bonchev–Trinajstić information content (AvgIpc) is 2.38. The molecule has 21 heavy (non-hydrogen) atoms. The van der Waals surface area contributed by atoms with Crippen molar-refractivity contribution in [3.8, 4) is 0 Å². The molecule has 1 aromatic rings. The minimum atomic E-state index is -0.132. The summed E-state index contributed by atoms with van der Waals surface area (Å²) >= 11 is 4.05. The first-order valence-corrected chi connectivity index (χ1v) is 9.27. The predicted octanol–water partition coefficient (Wildman–Crippen LogP) is 5.74. The normalized spacial score (nSPS) is 42.2. The molecular weight excluding hydrogens is 327 g/mol. The van der Waals surface area contributed by atoms with E-state index >= 15 is 0 Å². The summed E-state index contributed by atoms with van der Waals surface area (Å²) < 4.78 is 13.1. The van der Waals surface area contributed by atoms with Crippen LogP contribution in [0.4, 0.5) is 4.39 Å². The SMILES string of the molecule is CC12CC3CC(C1)CC(C(Br)Cc1ccc(F)cc1)(C3)C2. The summed E-state index contributed by atoms with van der Waals surface area (Å²) in [6.45, 7) is 2.52. The molecule has 0 N–H and O–H groups in total. The molecule has 4 fully saturated rings. The Morgan fingerprint density at radius 3 is 2.33 bits per heavy atom. The molecule has 2 heteroatoms. The first-order valence-electron chi connectivity index (χ1n) is 8.35. The Kier molecular flexibility index (Phi) is 3.26. The fraction of sp³-hybridized carbons (Fsp3) is 0.684. The van der Waals surface area contributed by atoms with E-state index in [1.54, 1.807) is 12.1 Å². The average molecular weight is 351 g/mol. The van der Waals surface area contributed by atoms with Crippen LogP contribution in [-0.2, 0) is 6.42 Å². The van der Waals surface area contributed by atoms with Gasteiger partial charge in [-0.3, -0.25) is 0 Å². The summed E-state index contributed by atoms with van der Waals surface area (Å²) in [5.74, 6) is 1.79. The fourth-order valence-corrected chi connectivity index (χ4v) is 7.12. The second-order valence-corrected chi connectivity index (χ2v) is 9.54. The summed E-state index contributed by atoms with van der Waals surface area (Å²) in [6.07, 6.45) is 9.66. The van der Waals surface area contributed by atoms with Crippen molar-refractivity contribution in [1.82, 2.24) is 0 Å². The Morgan fingerprint density at radius 1 is 1.14 bits per heavy atom. The standard InChI is InChI=1S/C19H24BrF/c1-18-8-14-6-15(9-18)11-19(10-14,12-18)17(20)7-13-2-4-16(21)5-3-13/h2-5,14-15,17H,6-12H2,1H3. The second-order valence-electron chi connectivity index (χ2n) is 8.43. The first kappa shape index (κ1) is 14.2. The van der Waals surface area contributed by atoms with E-state index in [9.17, 15) is 4.39 Å². The van der Waals surface area contributed by atoms with Gasteiger partial charge < -0.3 is 0 Å². The number of halogens is 2. The van der Waals surface area contributed by atoms with Crippen molar-refractivity contribution in [3.05, 3.63) is 35.6 Å². The molecule has 0 heterocycles. The highest BCUT2D eigenvalue weighted by Gasteiger charge is 2.57. The van der Waals surface area contributed by atoms with E-state index in [0.717, 1.165) is 18.3 Å². The van der Waals surface area contributed by atoms with Gasteiger partial charge in [0, 0.05) is 4.83 Å². The molecule has 4 aliphatic rings. The Morgan fingerprint density at radius 2 is 1.76 bits per heavy atom. The van der Waals surface area contributed by atoms with Gasteiger partial charge in [0.2, 0.25) is 0 Å². The lowest BCUT2D eigenvalue weighted by molar-refractivity contribution is -0.101. The molecule has 0 saturated heterocycles. The van der Waals surface area contributed by atoms with E-state index in [-0.39, 0.29) is 5.82 Å². The molecule has 0 amide bonds. The lowest BCUT2D eigenvalue weighted by atomic mass is 9.44. The highest BCUT2D eigenvalue weighted by Crippen LogP contribution is 2.67. The van der Waals surface area contributed by atoms with Crippen LogP contribution in [0.25, 0.3) is 0 Å². The maximum absolute atomic E-state index is 13.1. The maximum atomic E-state index is 13.1. The van der Waals surface area contributed by atoms with Crippen molar-refractivity contribution < 1.29 is 4.39 Å². The van der Waals surface area contributed by atoms with E-state index in [2.05, 4.69) is 22.9 Å². The Balaban J connectivity index is 1.56. The molecule has 4 saturated carbocycles. The van der Waals surface area contributed by atoms with Gasteiger partial charge in [0.05, 0.1) is 0 Å². The van der Waals surface area contributed by atoms with Gasteiger partial charge in [-0.25, -0.2) is 4.39 Å². The van der Waals surface area contributed by atoms with Crippen molar-refractivity contribution in [1.29, 1.82) is 0 Å². The summed E-state index contributed by atoms with van der Waals surface area (Å²) in [4.78, 5) is 0.542. The van der Waals surface area contributed by atoms with E-state index in [1.807, 2.05) is 12.1 Å². The number of rotatable bonds is 3. The van der Waals surface area contributed by atoms with Crippen LogP contribution < -0.4 is 0 Å². The van der Waals surface area contributed by atoms with Gasteiger partial charge in [-0.2, -0.15) is 0 Å². The lowest BCUT2D eigenvalue weighted by Crippen LogP contribution is -2.54. The quantitative estimate of drug-likeness (QED) is 0.610. The maximum Gasteiger partial charge on any atom is 0.123 e. The van der Waals surface area contributed by atoms with Crippen LogP contribution in [0.3, 0.4) is 0 Å².